The Morgan fingerprint density at radius 2 is 2.19 bits per heavy atom. The molecule has 1 aliphatic rings. The van der Waals surface area contributed by atoms with Crippen LogP contribution < -0.4 is 10.2 Å². The van der Waals surface area contributed by atoms with E-state index in [1.54, 1.807) is 0 Å². The monoisotopic (exact) mass is 293 g/mol. The molecule has 2 atom stereocenters. The Kier molecular flexibility index (Phi) is 4.93. The van der Waals surface area contributed by atoms with Crippen molar-refractivity contribution >= 4 is 17.3 Å². The Balaban J connectivity index is 2.32. The minimum absolute atomic E-state index is 0.00676. The Morgan fingerprint density at radius 1 is 1.43 bits per heavy atom. The molecule has 0 spiro atoms. The molecule has 1 saturated heterocycles. The van der Waals surface area contributed by atoms with Crippen LogP contribution in [0.5, 0.6) is 0 Å². The predicted octanol–water partition coefficient (Wildman–Crippen LogP) is 2.69. The van der Waals surface area contributed by atoms with Crippen LogP contribution >= 0.6 is 0 Å². The van der Waals surface area contributed by atoms with Crippen LogP contribution in [0.4, 0.5) is 17.3 Å². The van der Waals surface area contributed by atoms with Gasteiger partial charge in [-0.15, -0.1) is 0 Å². The van der Waals surface area contributed by atoms with Gasteiger partial charge in [0.25, 0.3) is 0 Å². The lowest BCUT2D eigenvalue weighted by atomic mass is 9.89. The van der Waals surface area contributed by atoms with Gasteiger partial charge in [-0.1, -0.05) is 20.8 Å². The second-order valence-electron chi connectivity index (χ2n) is 5.77. The molecule has 1 aromatic heterocycles. The van der Waals surface area contributed by atoms with E-state index in [2.05, 4.69) is 29.1 Å². The van der Waals surface area contributed by atoms with Crippen molar-refractivity contribution in [1.82, 2.24) is 9.97 Å². The molecule has 1 aromatic rings. The topological polar surface area (TPSA) is 84.2 Å². The van der Waals surface area contributed by atoms with E-state index in [-0.39, 0.29) is 10.6 Å². The van der Waals surface area contributed by atoms with Crippen molar-refractivity contribution < 1.29 is 4.92 Å². The van der Waals surface area contributed by atoms with Crippen molar-refractivity contribution in [2.45, 2.75) is 33.6 Å². The summed E-state index contributed by atoms with van der Waals surface area (Å²) in [5, 5.41) is 14.5. The Labute approximate surface area is 124 Å². The van der Waals surface area contributed by atoms with Gasteiger partial charge in [0, 0.05) is 19.6 Å². The zero-order valence-electron chi connectivity index (χ0n) is 12.9. The van der Waals surface area contributed by atoms with E-state index in [9.17, 15) is 10.1 Å². The number of rotatable bonds is 5. The highest BCUT2D eigenvalue weighted by molar-refractivity contribution is 5.70. The van der Waals surface area contributed by atoms with Gasteiger partial charge >= 0.3 is 5.69 Å². The van der Waals surface area contributed by atoms with Gasteiger partial charge in [-0.05, 0) is 24.7 Å². The minimum atomic E-state index is -0.379. The van der Waals surface area contributed by atoms with Gasteiger partial charge in [-0.3, -0.25) is 10.1 Å². The summed E-state index contributed by atoms with van der Waals surface area (Å²) < 4.78 is 0. The molecule has 2 heterocycles. The fourth-order valence-electron chi connectivity index (χ4n) is 2.60. The zero-order chi connectivity index (χ0) is 15.4. The Morgan fingerprint density at radius 3 is 2.81 bits per heavy atom. The highest BCUT2D eigenvalue weighted by Crippen LogP contribution is 2.35. The lowest BCUT2D eigenvalue weighted by Crippen LogP contribution is -2.39. The Hall–Kier alpha value is -1.92. The Bertz CT molecular complexity index is 508. The largest absolute Gasteiger partial charge is 0.364 e. The summed E-state index contributed by atoms with van der Waals surface area (Å²) in [5.41, 5.74) is -0.00676. The summed E-state index contributed by atoms with van der Waals surface area (Å²) >= 11 is 0. The molecule has 1 aliphatic heterocycles. The van der Waals surface area contributed by atoms with Crippen molar-refractivity contribution in [3.8, 4) is 0 Å². The first kappa shape index (κ1) is 15.5. The molecule has 7 nitrogen and oxygen atoms in total. The average molecular weight is 293 g/mol. The summed E-state index contributed by atoms with van der Waals surface area (Å²) in [4.78, 5) is 21.3. The molecule has 0 bridgehead atoms. The second-order valence-corrected chi connectivity index (χ2v) is 5.77. The fourth-order valence-corrected chi connectivity index (χ4v) is 2.60. The van der Waals surface area contributed by atoms with Crippen molar-refractivity contribution in [3.05, 3.63) is 16.4 Å². The van der Waals surface area contributed by atoms with Crippen molar-refractivity contribution in [2.24, 2.45) is 11.8 Å². The maximum absolute atomic E-state index is 11.5. The van der Waals surface area contributed by atoms with Crippen LogP contribution in [0.25, 0.3) is 0 Å². The number of nitrogens with one attached hydrogen (secondary N) is 1. The maximum atomic E-state index is 11.5. The smallest absolute Gasteiger partial charge is 0.353 e. The molecule has 116 valence electrons. The molecule has 0 saturated carbocycles. The third kappa shape index (κ3) is 3.40. The normalized spacial score (nSPS) is 22.1. The molecule has 2 unspecified atom stereocenters. The van der Waals surface area contributed by atoms with E-state index in [0.29, 0.717) is 30.0 Å². The SMILES string of the molecule is CCCNc1ncnc(N2CCC(C)C(C)C2)c1[N+](=O)[O-]. The van der Waals surface area contributed by atoms with E-state index in [4.69, 9.17) is 0 Å². The van der Waals surface area contributed by atoms with E-state index in [1.165, 1.54) is 6.33 Å². The van der Waals surface area contributed by atoms with Crippen LogP contribution in [0.2, 0.25) is 0 Å². The van der Waals surface area contributed by atoms with Crippen LogP contribution in [-0.4, -0.2) is 34.5 Å². The van der Waals surface area contributed by atoms with Gasteiger partial charge in [-0.25, -0.2) is 9.97 Å². The first-order valence-corrected chi connectivity index (χ1v) is 7.52. The van der Waals surface area contributed by atoms with Crippen LogP contribution in [0.3, 0.4) is 0 Å². The van der Waals surface area contributed by atoms with Gasteiger partial charge in [0.2, 0.25) is 11.6 Å². The molecule has 21 heavy (non-hydrogen) atoms. The van der Waals surface area contributed by atoms with Crippen LogP contribution in [0.15, 0.2) is 6.33 Å². The number of anilines is 2. The van der Waals surface area contributed by atoms with Crippen molar-refractivity contribution in [1.29, 1.82) is 0 Å². The summed E-state index contributed by atoms with van der Waals surface area (Å²) in [6.07, 6.45) is 3.32. The summed E-state index contributed by atoms with van der Waals surface area (Å²) in [7, 11) is 0. The lowest BCUT2D eigenvalue weighted by molar-refractivity contribution is -0.383. The zero-order valence-corrected chi connectivity index (χ0v) is 12.9. The highest BCUT2D eigenvalue weighted by atomic mass is 16.6. The molecule has 0 aromatic carbocycles. The summed E-state index contributed by atoms with van der Waals surface area (Å²) in [6, 6.07) is 0. The van der Waals surface area contributed by atoms with E-state index >= 15 is 0 Å². The number of nitrogens with zero attached hydrogens (tertiary/aromatic N) is 4. The second kappa shape index (κ2) is 6.69. The number of aromatic nitrogens is 2. The molecular formula is C14H23N5O2. The van der Waals surface area contributed by atoms with Crippen LogP contribution in [0, 0.1) is 22.0 Å². The molecule has 0 aliphatic carbocycles. The van der Waals surface area contributed by atoms with E-state index in [1.807, 2.05) is 11.8 Å². The highest BCUT2D eigenvalue weighted by Gasteiger charge is 2.31. The van der Waals surface area contributed by atoms with Crippen molar-refractivity contribution in [2.75, 3.05) is 29.9 Å². The number of hydrogen-bond acceptors (Lipinski definition) is 6. The first-order chi connectivity index (χ1) is 10.0. The summed E-state index contributed by atoms with van der Waals surface area (Å²) in [5.74, 6) is 1.89. The van der Waals surface area contributed by atoms with Gasteiger partial charge in [0.05, 0.1) is 4.92 Å². The summed E-state index contributed by atoms with van der Waals surface area (Å²) in [6.45, 7) is 8.67. The third-order valence-corrected chi connectivity index (χ3v) is 4.16. The predicted molar refractivity (Wildman–Crippen MR) is 82.6 cm³/mol. The lowest BCUT2D eigenvalue weighted by Gasteiger charge is -2.35. The molecule has 1 N–H and O–H groups in total. The number of nitro groups is 1. The first-order valence-electron chi connectivity index (χ1n) is 7.52. The molecule has 2 rings (SSSR count). The van der Waals surface area contributed by atoms with E-state index < -0.39 is 0 Å². The van der Waals surface area contributed by atoms with Gasteiger partial charge < -0.3 is 10.2 Å². The quantitative estimate of drug-likeness (QED) is 0.663. The fraction of sp³-hybridized carbons (Fsp3) is 0.714. The molecular weight excluding hydrogens is 270 g/mol. The molecule has 0 radical (unpaired) electrons. The standard InChI is InChI=1S/C14H23N5O2/c1-4-6-15-13-12(19(20)21)14(17-9-16-13)18-7-5-10(2)11(3)8-18/h9-11H,4-8H2,1-3H3,(H,15,16,17). The van der Waals surface area contributed by atoms with Gasteiger partial charge in [-0.2, -0.15) is 0 Å². The molecule has 1 fully saturated rings. The van der Waals surface area contributed by atoms with Crippen molar-refractivity contribution in [3.63, 3.8) is 0 Å². The average Bonchev–Trinajstić information content (AvgIpc) is 2.47. The van der Waals surface area contributed by atoms with Gasteiger partial charge in [0.15, 0.2) is 0 Å². The van der Waals surface area contributed by atoms with Crippen LogP contribution in [-0.2, 0) is 0 Å². The molecule has 0 amide bonds. The third-order valence-electron chi connectivity index (χ3n) is 4.16. The number of hydrogen-bond donors (Lipinski definition) is 1. The van der Waals surface area contributed by atoms with Crippen LogP contribution in [0.1, 0.15) is 33.6 Å². The molecule has 7 heteroatoms. The van der Waals surface area contributed by atoms with E-state index in [0.717, 1.165) is 25.9 Å². The minimum Gasteiger partial charge on any atom is -0.364 e. The maximum Gasteiger partial charge on any atom is 0.353 e. The van der Waals surface area contributed by atoms with Gasteiger partial charge in [0.1, 0.15) is 6.33 Å². The number of piperidine rings is 1.